The van der Waals surface area contributed by atoms with Gasteiger partial charge in [0, 0.05) is 5.56 Å². The van der Waals surface area contributed by atoms with Crippen LogP contribution in [0.2, 0.25) is 10.0 Å². The molecule has 0 bridgehead atoms. The summed E-state index contributed by atoms with van der Waals surface area (Å²) in [6.45, 7) is 3.85. The molecular formula is C19H16Cl2FN3O. The Morgan fingerprint density at radius 2 is 1.77 bits per heavy atom. The Kier molecular flexibility index (Phi) is 5.30. The topological polar surface area (TPSA) is 46.9 Å². The molecule has 1 aromatic heterocycles. The number of aryl methyl sites for hydroxylation is 1. The van der Waals surface area contributed by atoms with Gasteiger partial charge in [0.25, 0.3) is 5.91 Å². The number of anilines is 1. The monoisotopic (exact) mass is 391 g/mol. The number of hydrogen-bond acceptors (Lipinski definition) is 2. The smallest absolute Gasteiger partial charge is 0.258 e. The predicted molar refractivity (Wildman–Crippen MR) is 102 cm³/mol. The average molecular weight is 392 g/mol. The number of nitrogens with one attached hydrogen (secondary N) is 1. The van der Waals surface area contributed by atoms with Gasteiger partial charge < -0.3 is 5.32 Å². The molecule has 3 rings (SSSR count). The van der Waals surface area contributed by atoms with Crippen molar-refractivity contribution in [3.05, 3.63) is 80.8 Å². The van der Waals surface area contributed by atoms with Crippen molar-refractivity contribution in [2.45, 2.75) is 20.4 Å². The van der Waals surface area contributed by atoms with Crippen molar-refractivity contribution >= 4 is 34.8 Å². The molecule has 0 fully saturated rings. The lowest BCUT2D eigenvalue weighted by Gasteiger charge is -2.10. The number of amides is 1. The van der Waals surface area contributed by atoms with Crippen LogP contribution in [0.1, 0.15) is 27.3 Å². The Bertz CT molecular complexity index is 965. The normalized spacial score (nSPS) is 10.8. The van der Waals surface area contributed by atoms with Gasteiger partial charge in [-0.05, 0) is 32.0 Å². The number of rotatable bonds is 4. The van der Waals surface area contributed by atoms with E-state index in [0.717, 1.165) is 0 Å². The summed E-state index contributed by atoms with van der Waals surface area (Å²) >= 11 is 12.2. The maximum Gasteiger partial charge on any atom is 0.258 e. The third kappa shape index (κ3) is 3.59. The summed E-state index contributed by atoms with van der Waals surface area (Å²) in [6.07, 6.45) is 0. The third-order valence-corrected chi connectivity index (χ3v) is 4.72. The molecule has 0 spiro atoms. The van der Waals surface area contributed by atoms with Gasteiger partial charge in [-0.1, -0.05) is 47.5 Å². The van der Waals surface area contributed by atoms with Crippen molar-refractivity contribution in [3.63, 3.8) is 0 Å². The highest BCUT2D eigenvalue weighted by molar-refractivity contribution is 6.40. The fraction of sp³-hybridized carbons (Fsp3) is 0.158. The second-order valence-corrected chi connectivity index (χ2v) is 6.66. The van der Waals surface area contributed by atoms with Crippen LogP contribution in [-0.4, -0.2) is 15.7 Å². The lowest BCUT2D eigenvalue weighted by atomic mass is 10.2. The van der Waals surface area contributed by atoms with Gasteiger partial charge in [-0.2, -0.15) is 5.10 Å². The summed E-state index contributed by atoms with van der Waals surface area (Å²) in [6, 6.07) is 11.4. The molecular weight excluding hydrogens is 376 g/mol. The molecule has 0 aliphatic heterocycles. The van der Waals surface area contributed by atoms with E-state index in [1.807, 2.05) is 6.92 Å². The van der Waals surface area contributed by atoms with Gasteiger partial charge in [-0.25, -0.2) is 4.39 Å². The van der Waals surface area contributed by atoms with E-state index in [-0.39, 0.29) is 28.0 Å². The largest absolute Gasteiger partial charge is 0.319 e. The van der Waals surface area contributed by atoms with E-state index in [0.29, 0.717) is 22.6 Å². The summed E-state index contributed by atoms with van der Waals surface area (Å²) in [5.41, 5.74) is 2.61. The molecule has 0 aliphatic carbocycles. The lowest BCUT2D eigenvalue weighted by molar-refractivity contribution is 0.102. The molecule has 7 heteroatoms. The van der Waals surface area contributed by atoms with Crippen LogP contribution in [-0.2, 0) is 6.54 Å². The van der Waals surface area contributed by atoms with E-state index >= 15 is 0 Å². The van der Waals surface area contributed by atoms with Crippen LogP contribution in [0.5, 0.6) is 0 Å². The maximum atomic E-state index is 13.9. The molecule has 3 aromatic rings. The van der Waals surface area contributed by atoms with Crippen molar-refractivity contribution in [1.29, 1.82) is 0 Å². The molecule has 134 valence electrons. The van der Waals surface area contributed by atoms with Crippen LogP contribution < -0.4 is 5.32 Å². The zero-order chi connectivity index (χ0) is 18.8. The number of halogens is 3. The maximum absolute atomic E-state index is 13.9. The standard InChI is InChI=1S/C19H16Cl2FN3O/c1-11-18(23-19(26)17-14(20)7-5-8-15(17)21)12(2)25(24-11)10-13-6-3-4-9-16(13)22/h3-9H,10H2,1-2H3,(H,23,26). The Hall–Kier alpha value is -2.37. The van der Waals surface area contributed by atoms with Gasteiger partial charge in [0.05, 0.1) is 39.2 Å². The zero-order valence-corrected chi connectivity index (χ0v) is 15.7. The van der Waals surface area contributed by atoms with E-state index in [1.54, 1.807) is 48.0 Å². The minimum Gasteiger partial charge on any atom is -0.319 e. The number of benzene rings is 2. The lowest BCUT2D eigenvalue weighted by Crippen LogP contribution is -2.14. The summed E-state index contributed by atoms with van der Waals surface area (Å²) in [5.74, 6) is -0.717. The number of carbonyl (C=O) groups is 1. The van der Waals surface area contributed by atoms with Crippen LogP contribution in [0.4, 0.5) is 10.1 Å². The molecule has 1 N–H and O–H groups in total. The van der Waals surface area contributed by atoms with Crippen LogP contribution in [0, 0.1) is 19.7 Å². The van der Waals surface area contributed by atoms with Crippen LogP contribution in [0.25, 0.3) is 0 Å². The van der Waals surface area contributed by atoms with Gasteiger partial charge in [-0.15, -0.1) is 0 Å². The highest BCUT2D eigenvalue weighted by Gasteiger charge is 2.19. The first-order valence-corrected chi connectivity index (χ1v) is 8.67. The Balaban J connectivity index is 1.89. The molecule has 0 aliphatic rings. The molecule has 26 heavy (non-hydrogen) atoms. The first kappa shape index (κ1) is 18.4. The first-order chi connectivity index (χ1) is 12.4. The Labute approximate surface area is 160 Å². The van der Waals surface area contributed by atoms with Crippen LogP contribution in [0.15, 0.2) is 42.5 Å². The van der Waals surface area contributed by atoms with Crippen molar-refractivity contribution in [1.82, 2.24) is 9.78 Å². The predicted octanol–water partition coefficient (Wildman–Crippen LogP) is 5.25. The summed E-state index contributed by atoms with van der Waals surface area (Å²) in [4.78, 5) is 12.6. The molecule has 0 radical (unpaired) electrons. The number of nitrogens with zero attached hydrogens (tertiary/aromatic N) is 2. The van der Waals surface area contributed by atoms with Gasteiger partial charge in [0.15, 0.2) is 0 Å². The second kappa shape index (κ2) is 7.48. The fourth-order valence-electron chi connectivity index (χ4n) is 2.71. The minimum atomic E-state index is -0.419. The highest BCUT2D eigenvalue weighted by atomic mass is 35.5. The fourth-order valence-corrected chi connectivity index (χ4v) is 3.28. The molecule has 1 heterocycles. The highest BCUT2D eigenvalue weighted by Crippen LogP contribution is 2.27. The summed E-state index contributed by atoms with van der Waals surface area (Å²) in [7, 11) is 0. The summed E-state index contributed by atoms with van der Waals surface area (Å²) in [5, 5.41) is 7.76. The molecule has 0 saturated heterocycles. The van der Waals surface area contributed by atoms with Gasteiger partial charge in [-0.3, -0.25) is 9.48 Å². The Morgan fingerprint density at radius 3 is 2.42 bits per heavy atom. The third-order valence-electron chi connectivity index (χ3n) is 4.09. The van der Waals surface area contributed by atoms with Crippen LogP contribution >= 0.6 is 23.2 Å². The average Bonchev–Trinajstić information content (AvgIpc) is 2.84. The number of aromatic nitrogens is 2. The van der Waals surface area contributed by atoms with E-state index < -0.39 is 5.91 Å². The minimum absolute atomic E-state index is 0.205. The SMILES string of the molecule is Cc1nn(Cc2ccccc2F)c(C)c1NC(=O)c1c(Cl)cccc1Cl. The van der Waals surface area contributed by atoms with E-state index in [2.05, 4.69) is 10.4 Å². The van der Waals surface area contributed by atoms with Crippen LogP contribution in [0.3, 0.4) is 0 Å². The molecule has 1 amide bonds. The number of carbonyl (C=O) groups excluding carboxylic acids is 1. The van der Waals surface area contributed by atoms with E-state index in [1.165, 1.54) is 6.07 Å². The summed E-state index contributed by atoms with van der Waals surface area (Å²) < 4.78 is 15.5. The van der Waals surface area contributed by atoms with E-state index in [9.17, 15) is 9.18 Å². The van der Waals surface area contributed by atoms with Gasteiger partial charge >= 0.3 is 0 Å². The van der Waals surface area contributed by atoms with Crippen molar-refractivity contribution in [2.24, 2.45) is 0 Å². The molecule has 4 nitrogen and oxygen atoms in total. The molecule has 0 saturated carbocycles. The van der Waals surface area contributed by atoms with Gasteiger partial charge in [0.1, 0.15) is 5.82 Å². The molecule has 0 unspecified atom stereocenters. The van der Waals surface area contributed by atoms with E-state index in [4.69, 9.17) is 23.2 Å². The first-order valence-electron chi connectivity index (χ1n) is 7.91. The second-order valence-electron chi connectivity index (χ2n) is 5.85. The molecule has 0 atom stereocenters. The number of hydrogen-bond donors (Lipinski definition) is 1. The van der Waals surface area contributed by atoms with Crippen molar-refractivity contribution < 1.29 is 9.18 Å². The quantitative estimate of drug-likeness (QED) is 0.660. The molecule has 2 aromatic carbocycles. The zero-order valence-electron chi connectivity index (χ0n) is 14.2. The van der Waals surface area contributed by atoms with Crippen molar-refractivity contribution in [2.75, 3.05) is 5.32 Å². The van der Waals surface area contributed by atoms with Gasteiger partial charge in [0.2, 0.25) is 0 Å². The Morgan fingerprint density at radius 1 is 1.12 bits per heavy atom. The van der Waals surface area contributed by atoms with Crippen molar-refractivity contribution in [3.8, 4) is 0 Å².